The third kappa shape index (κ3) is 2.80. The van der Waals surface area contributed by atoms with Crippen molar-refractivity contribution in [2.75, 3.05) is 5.75 Å². The van der Waals surface area contributed by atoms with Crippen LogP contribution in [0.15, 0.2) is 57.6 Å². The molecule has 3 aromatic heterocycles. The molecule has 4 aromatic rings. The minimum atomic E-state index is 0.0309. The Hall–Kier alpha value is -2.38. The number of nitrogens with one attached hydrogen (secondary N) is 1. The van der Waals surface area contributed by atoms with Crippen LogP contribution in [0, 0.1) is 0 Å². The first-order valence-electron chi connectivity index (χ1n) is 6.91. The van der Waals surface area contributed by atoms with Gasteiger partial charge in [0.2, 0.25) is 0 Å². The van der Waals surface area contributed by atoms with Crippen molar-refractivity contribution in [3.63, 3.8) is 0 Å². The summed E-state index contributed by atoms with van der Waals surface area (Å²) < 4.78 is 5.57. The van der Waals surface area contributed by atoms with Gasteiger partial charge in [0.15, 0.2) is 5.78 Å². The number of hydrogen-bond acceptors (Lipinski definition) is 6. The number of fused-ring (bicyclic) bond motifs is 1. The van der Waals surface area contributed by atoms with Crippen molar-refractivity contribution in [2.24, 2.45) is 0 Å². The molecule has 0 saturated heterocycles. The fraction of sp³-hybridized carbons (Fsp3) is 0.0625. The van der Waals surface area contributed by atoms with Gasteiger partial charge in [0.1, 0.15) is 0 Å². The minimum absolute atomic E-state index is 0.0309. The van der Waals surface area contributed by atoms with E-state index >= 15 is 0 Å². The number of benzene rings is 1. The summed E-state index contributed by atoms with van der Waals surface area (Å²) in [5.41, 5.74) is 1.64. The van der Waals surface area contributed by atoms with E-state index in [9.17, 15) is 4.79 Å². The summed E-state index contributed by atoms with van der Waals surface area (Å²) in [6.45, 7) is 0. The zero-order chi connectivity index (χ0) is 15.6. The maximum Gasteiger partial charge on any atom is 0.277 e. The average molecular weight is 341 g/mol. The van der Waals surface area contributed by atoms with Crippen molar-refractivity contribution in [1.82, 2.24) is 15.2 Å². The Morgan fingerprint density at radius 2 is 2.13 bits per heavy atom. The van der Waals surface area contributed by atoms with Crippen LogP contribution in [-0.2, 0) is 0 Å². The van der Waals surface area contributed by atoms with E-state index in [0.29, 0.717) is 16.7 Å². The highest BCUT2D eigenvalue weighted by atomic mass is 32.2. The van der Waals surface area contributed by atoms with E-state index in [1.807, 2.05) is 41.8 Å². The Kier molecular flexibility index (Phi) is 3.72. The molecule has 0 unspecified atom stereocenters. The molecule has 0 amide bonds. The van der Waals surface area contributed by atoms with Gasteiger partial charge in [-0.2, -0.15) is 0 Å². The van der Waals surface area contributed by atoms with Crippen molar-refractivity contribution >= 4 is 39.8 Å². The summed E-state index contributed by atoms with van der Waals surface area (Å²) in [6.07, 6.45) is 1.75. The molecule has 0 bridgehead atoms. The van der Waals surface area contributed by atoms with Gasteiger partial charge in [-0.3, -0.25) is 4.79 Å². The quantitative estimate of drug-likeness (QED) is 0.434. The molecule has 0 atom stereocenters. The monoisotopic (exact) mass is 341 g/mol. The summed E-state index contributed by atoms with van der Waals surface area (Å²) >= 11 is 2.79. The first kappa shape index (κ1) is 14.2. The lowest BCUT2D eigenvalue weighted by Gasteiger charge is -1.97. The van der Waals surface area contributed by atoms with Crippen LogP contribution in [0.5, 0.6) is 0 Å². The van der Waals surface area contributed by atoms with E-state index in [1.165, 1.54) is 23.1 Å². The highest BCUT2D eigenvalue weighted by Gasteiger charge is 2.15. The van der Waals surface area contributed by atoms with Crippen molar-refractivity contribution in [3.8, 4) is 10.8 Å². The number of rotatable bonds is 5. The summed E-state index contributed by atoms with van der Waals surface area (Å²) in [4.78, 5) is 16.4. The van der Waals surface area contributed by atoms with Crippen LogP contribution in [0.4, 0.5) is 0 Å². The number of thiophene rings is 1. The number of carbonyl (C=O) groups excluding carboxylic acids is 1. The number of para-hydroxylation sites is 1. The molecular formula is C16H11N3O2S2. The molecule has 0 fully saturated rings. The number of ketones is 1. The Balaban J connectivity index is 1.48. The second-order valence-electron chi connectivity index (χ2n) is 4.81. The van der Waals surface area contributed by atoms with E-state index in [1.54, 1.807) is 6.20 Å². The average Bonchev–Trinajstić information content (AvgIpc) is 3.31. The van der Waals surface area contributed by atoms with Crippen LogP contribution in [0.2, 0.25) is 0 Å². The summed E-state index contributed by atoms with van der Waals surface area (Å²) in [5, 5.41) is 11.3. The number of hydrogen-bond donors (Lipinski definition) is 1. The molecule has 0 spiro atoms. The molecule has 7 heteroatoms. The van der Waals surface area contributed by atoms with Crippen LogP contribution < -0.4 is 0 Å². The topological polar surface area (TPSA) is 71.8 Å². The normalized spacial score (nSPS) is 11.1. The van der Waals surface area contributed by atoms with Gasteiger partial charge in [0.25, 0.3) is 11.1 Å². The second-order valence-corrected chi connectivity index (χ2v) is 6.68. The number of H-pyrrole nitrogens is 1. The Morgan fingerprint density at radius 3 is 3.00 bits per heavy atom. The van der Waals surface area contributed by atoms with Crippen LogP contribution in [0.1, 0.15) is 10.4 Å². The largest absolute Gasteiger partial charge is 0.410 e. The number of aromatic nitrogens is 3. The van der Waals surface area contributed by atoms with Gasteiger partial charge in [0.05, 0.1) is 10.6 Å². The molecule has 23 heavy (non-hydrogen) atoms. The molecule has 5 nitrogen and oxygen atoms in total. The molecule has 1 aromatic carbocycles. The van der Waals surface area contributed by atoms with Gasteiger partial charge in [-0.25, -0.2) is 0 Å². The van der Waals surface area contributed by atoms with E-state index in [2.05, 4.69) is 15.2 Å². The summed E-state index contributed by atoms with van der Waals surface area (Å²) in [7, 11) is 0. The highest BCUT2D eigenvalue weighted by Crippen LogP contribution is 2.27. The number of nitrogens with zero attached hydrogens (tertiary/aromatic N) is 2. The third-order valence-electron chi connectivity index (χ3n) is 3.35. The van der Waals surface area contributed by atoms with Crippen molar-refractivity contribution < 1.29 is 9.21 Å². The van der Waals surface area contributed by atoms with Gasteiger partial charge in [0, 0.05) is 22.7 Å². The van der Waals surface area contributed by atoms with Crippen LogP contribution >= 0.6 is 23.1 Å². The zero-order valence-corrected chi connectivity index (χ0v) is 13.5. The van der Waals surface area contributed by atoms with Gasteiger partial charge < -0.3 is 9.40 Å². The first-order chi connectivity index (χ1) is 11.3. The first-order valence-corrected chi connectivity index (χ1v) is 8.77. The number of Topliss-reactive ketones (excluding diaryl/α,β-unsaturated/α-hetero) is 1. The molecule has 4 rings (SSSR count). The lowest BCUT2D eigenvalue weighted by Crippen LogP contribution is -2.01. The molecule has 0 radical (unpaired) electrons. The van der Waals surface area contributed by atoms with Crippen LogP contribution in [0.3, 0.4) is 0 Å². The van der Waals surface area contributed by atoms with Crippen molar-refractivity contribution in [1.29, 1.82) is 0 Å². The molecular weight excluding hydrogens is 330 g/mol. The minimum Gasteiger partial charge on any atom is -0.410 e. The summed E-state index contributed by atoms with van der Waals surface area (Å²) in [5.74, 6) is 0.777. The second kappa shape index (κ2) is 6.02. The molecule has 0 aliphatic carbocycles. The van der Waals surface area contributed by atoms with E-state index in [0.717, 1.165) is 15.8 Å². The maximum absolute atomic E-state index is 12.4. The molecule has 1 N–H and O–H groups in total. The molecule has 0 aliphatic rings. The molecule has 0 saturated carbocycles. The van der Waals surface area contributed by atoms with Crippen molar-refractivity contribution in [3.05, 3.63) is 53.5 Å². The number of thioether (sulfide) groups is 1. The van der Waals surface area contributed by atoms with E-state index < -0.39 is 0 Å². The fourth-order valence-electron chi connectivity index (χ4n) is 2.28. The van der Waals surface area contributed by atoms with E-state index in [4.69, 9.17) is 4.42 Å². The molecule has 114 valence electrons. The number of aromatic amines is 1. The predicted octanol–water partition coefficient (Wildman–Crippen LogP) is 4.25. The fourth-order valence-corrected chi connectivity index (χ4v) is 3.57. The third-order valence-corrected chi connectivity index (χ3v) is 5.03. The Labute approximate surface area is 139 Å². The van der Waals surface area contributed by atoms with Gasteiger partial charge >= 0.3 is 0 Å². The molecule has 0 aliphatic heterocycles. The van der Waals surface area contributed by atoms with E-state index in [-0.39, 0.29) is 11.5 Å². The van der Waals surface area contributed by atoms with Gasteiger partial charge in [-0.15, -0.1) is 21.5 Å². The lowest BCUT2D eigenvalue weighted by atomic mass is 10.1. The standard InChI is InChI=1S/C16H11N3O2S2/c20-13(11-8-17-12-5-2-1-4-10(11)12)9-23-16-19-18-15(21-16)14-6-3-7-22-14/h1-8,17H,9H2. The highest BCUT2D eigenvalue weighted by molar-refractivity contribution is 7.99. The Morgan fingerprint density at radius 1 is 1.22 bits per heavy atom. The Bertz CT molecular complexity index is 957. The van der Waals surface area contributed by atoms with Crippen molar-refractivity contribution in [2.45, 2.75) is 5.22 Å². The SMILES string of the molecule is O=C(CSc1nnc(-c2cccs2)o1)c1c[nH]c2ccccc12. The summed E-state index contributed by atoms with van der Waals surface area (Å²) in [6, 6.07) is 11.6. The smallest absolute Gasteiger partial charge is 0.277 e. The van der Waals surface area contributed by atoms with Crippen LogP contribution in [0.25, 0.3) is 21.7 Å². The van der Waals surface area contributed by atoms with Gasteiger partial charge in [-0.05, 0) is 17.5 Å². The zero-order valence-electron chi connectivity index (χ0n) is 11.9. The van der Waals surface area contributed by atoms with Gasteiger partial charge in [-0.1, -0.05) is 36.0 Å². The van der Waals surface area contributed by atoms with Crippen LogP contribution in [-0.4, -0.2) is 26.7 Å². The lowest BCUT2D eigenvalue weighted by molar-refractivity contribution is 0.102. The predicted molar refractivity (Wildman–Crippen MR) is 91.0 cm³/mol. The number of carbonyl (C=O) groups is 1. The molecule has 3 heterocycles. The maximum atomic E-state index is 12.4.